The molecule has 0 fully saturated rings. The first-order chi connectivity index (χ1) is 11.7. The van der Waals surface area contributed by atoms with Crippen molar-refractivity contribution < 1.29 is 9.50 Å². The number of unbranched alkanes of at least 4 members (excludes halogenated alkanes) is 2. The summed E-state index contributed by atoms with van der Waals surface area (Å²) in [5, 5.41) is 17.4. The maximum Gasteiger partial charge on any atom is 0.168 e. The molecule has 2 heterocycles. The van der Waals surface area contributed by atoms with Crippen molar-refractivity contribution in [2.45, 2.75) is 26.2 Å². The molecule has 3 rings (SSSR count). The van der Waals surface area contributed by atoms with E-state index in [9.17, 15) is 4.39 Å². The minimum Gasteiger partial charge on any atom is -0.396 e. The summed E-state index contributed by atoms with van der Waals surface area (Å²) in [6.45, 7) is 2.87. The summed E-state index contributed by atoms with van der Waals surface area (Å²) >= 11 is 0. The predicted molar refractivity (Wildman–Crippen MR) is 90.8 cm³/mol. The average molecular weight is 329 g/mol. The highest BCUT2D eigenvalue weighted by atomic mass is 19.1. The van der Waals surface area contributed by atoms with E-state index in [1.165, 1.54) is 18.5 Å². The van der Waals surface area contributed by atoms with Crippen LogP contribution in [0, 0.1) is 12.7 Å². The fourth-order valence-electron chi connectivity index (χ4n) is 2.66. The second-order valence-corrected chi connectivity index (χ2v) is 5.61. The summed E-state index contributed by atoms with van der Waals surface area (Å²) in [7, 11) is 0. The van der Waals surface area contributed by atoms with Gasteiger partial charge in [-0.2, -0.15) is 5.10 Å². The summed E-state index contributed by atoms with van der Waals surface area (Å²) in [6.07, 6.45) is 4.19. The van der Waals surface area contributed by atoms with E-state index in [0.29, 0.717) is 11.3 Å². The van der Waals surface area contributed by atoms with Crippen molar-refractivity contribution in [1.29, 1.82) is 0 Å². The molecule has 0 aliphatic carbocycles. The molecule has 0 amide bonds. The minimum absolute atomic E-state index is 0.220. The summed E-state index contributed by atoms with van der Waals surface area (Å²) in [5.74, 6) is 0.411. The first-order valence-corrected chi connectivity index (χ1v) is 8.01. The van der Waals surface area contributed by atoms with Gasteiger partial charge in [-0.25, -0.2) is 19.0 Å². The van der Waals surface area contributed by atoms with Crippen LogP contribution in [0.5, 0.6) is 0 Å². The zero-order chi connectivity index (χ0) is 16.9. The molecule has 7 heteroatoms. The van der Waals surface area contributed by atoms with Crippen LogP contribution >= 0.6 is 0 Å². The molecule has 0 radical (unpaired) electrons. The zero-order valence-corrected chi connectivity index (χ0v) is 13.5. The molecule has 0 saturated heterocycles. The third-order valence-electron chi connectivity index (χ3n) is 3.82. The van der Waals surface area contributed by atoms with Gasteiger partial charge in [0, 0.05) is 13.2 Å². The number of fused-ring (bicyclic) bond motifs is 1. The smallest absolute Gasteiger partial charge is 0.168 e. The lowest BCUT2D eigenvalue weighted by atomic mass is 10.2. The Balaban J connectivity index is 1.90. The van der Waals surface area contributed by atoms with Crippen LogP contribution in [-0.4, -0.2) is 38.0 Å². The highest BCUT2D eigenvalue weighted by Crippen LogP contribution is 2.25. The molecule has 6 nitrogen and oxygen atoms in total. The lowest BCUT2D eigenvalue weighted by Gasteiger charge is -2.07. The van der Waals surface area contributed by atoms with E-state index in [1.54, 1.807) is 16.8 Å². The number of aliphatic hydroxyl groups excluding tert-OH is 1. The Morgan fingerprint density at radius 3 is 2.88 bits per heavy atom. The topological polar surface area (TPSA) is 75.9 Å². The fourth-order valence-corrected chi connectivity index (χ4v) is 2.66. The Morgan fingerprint density at radius 2 is 2.08 bits per heavy atom. The number of hydrogen-bond donors (Lipinski definition) is 2. The Labute approximate surface area is 139 Å². The number of nitrogens with zero attached hydrogens (tertiary/aromatic N) is 4. The van der Waals surface area contributed by atoms with Gasteiger partial charge in [0.15, 0.2) is 5.65 Å². The SMILES string of the molecule is Cc1nn(-c2cccc(F)c2)c2ncnc(NCCCCCO)c12. The number of halogens is 1. The molecule has 2 aromatic heterocycles. The third-order valence-corrected chi connectivity index (χ3v) is 3.82. The van der Waals surface area contributed by atoms with E-state index in [-0.39, 0.29) is 12.4 Å². The highest BCUT2D eigenvalue weighted by molar-refractivity contribution is 5.90. The molecule has 0 bridgehead atoms. The van der Waals surface area contributed by atoms with Gasteiger partial charge in [0.2, 0.25) is 0 Å². The monoisotopic (exact) mass is 329 g/mol. The standard InChI is InChI=1S/C17H20FN5O/c1-12-15-16(19-8-3-2-4-9-24)20-11-21-17(15)23(22-12)14-7-5-6-13(18)10-14/h5-7,10-11,24H,2-4,8-9H2,1H3,(H,19,20,21). The number of anilines is 1. The fraction of sp³-hybridized carbons (Fsp3) is 0.353. The van der Waals surface area contributed by atoms with Crippen molar-refractivity contribution in [2.75, 3.05) is 18.5 Å². The van der Waals surface area contributed by atoms with E-state index in [0.717, 1.165) is 42.7 Å². The van der Waals surface area contributed by atoms with Crippen LogP contribution in [0.25, 0.3) is 16.7 Å². The second-order valence-electron chi connectivity index (χ2n) is 5.61. The average Bonchev–Trinajstić information content (AvgIpc) is 2.93. The Kier molecular flexibility index (Phi) is 5.00. The predicted octanol–water partition coefficient (Wildman–Crippen LogP) is 2.84. The van der Waals surface area contributed by atoms with Crippen molar-refractivity contribution >= 4 is 16.9 Å². The maximum absolute atomic E-state index is 13.5. The number of aromatic nitrogens is 4. The Hall–Kier alpha value is -2.54. The number of nitrogens with one attached hydrogen (secondary N) is 1. The first-order valence-electron chi connectivity index (χ1n) is 8.01. The van der Waals surface area contributed by atoms with Crippen molar-refractivity contribution in [3.8, 4) is 5.69 Å². The van der Waals surface area contributed by atoms with E-state index < -0.39 is 0 Å². The minimum atomic E-state index is -0.315. The van der Waals surface area contributed by atoms with Gasteiger partial charge in [-0.15, -0.1) is 0 Å². The molecule has 0 atom stereocenters. The van der Waals surface area contributed by atoms with Gasteiger partial charge in [0.05, 0.1) is 16.8 Å². The van der Waals surface area contributed by atoms with Crippen LogP contribution in [0.2, 0.25) is 0 Å². The number of aliphatic hydroxyl groups is 1. The van der Waals surface area contributed by atoms with Gasteiger partial charge in [-0.1, -0.05) is 6.07 Å². The van der Waals surface area contributed by atoms with Crippen LogP contribution in [0.3, 0.4) is 0 Å². The van der Waals surface area contributed by atoms with Gasteiger partial charge >= 0.3 is 0 Å². The lowest BCUT2D eigenvalue weighted by molar-refractivity contribution is 0.283. The summed E-state index contributed by atoms with van der Waals surface area (Å²) in [6, 6.07) is 6.26. The molecule has 0 aliphatic heterocycles. The highest BCUT2D eigenvalue weighted by Gasteiger charge is 2.15. The van der Waals surface area contributed by atoms with Crippen molar-refractivity contribution in [2.24, 2.45) is 0 Å². The number of aryl methyl sites for hydroxylation is 1. The lowest BCUT2D eigenvalue weighted by Crippen LogP contribution is -2.05. The second kappa shape index (κ2) is 7.35. The van der Waals surface area contributed by atoms with E-state index in [2.05, 4.69) is 20.4 Å². The van der Waals surface area contributed by atoms with E-state index in [1.807, 2.05) is 6.92 Å². The number of hydrogen-bond acceptors (Lipinski definition) is 5. The van der Waals surface area contributed by atoms with Crippen molar-refractivity contribution in [3.05, 3.63) is 42.1 Å². The molecule has 0 saturated carbocycles. The molecule has 2 N–H and O–H groups in total. The number of rotatable bonds is 7. The zero-order valence-electron chi connectivity index (χ0n) is 13.5. The summed E-state index contributed by atoms with van der Waals surface area (Å²) in [4.78, 5) is 8.63. The molecule has 0 aliphatic rings. The maximum atomic E-state index is 13.5. The van der Waals surface area contributed by atoms with Crippen LogP contribution in [0.1, 0.15) is 25.0 Å². The largest absolute Gasteiger partial charge is 0.396 e. The van der Waals surface area contributed by atoms with Crippen LogP contribution in [-0.2, 0) is 0 Å². The van der Waals surface area contributed by atoms with Gasteiger partial charge in [-0.05, 0) is 44.4 Å². The van der Waals surface area contributed by atoms with Crippen LogP contribution < -0.4 is 5.32 Å². The van der Waals surface area contributed by atoms with Crippen LogP contribution in [0.4, 0.5) is 10.2 Å². The molecule has 24 heavy (non-hydrogen) atoms. The molecular formula is C17H20FN5O. The third kappa shape index (κ3) is 3.35. The van der Waals surface area contributed by atoms with E-state index in [4.69, 9.17) is 5.11 Å². The quantitative estimate of drug-likeness (QED) is 0.652. The Morgan fingerprint density at radius 1 is 1.21 bits per heavy atom. The molecule has 1 aromatic carbocycles. The summed E-state index contributed by atoms with van der Waals surface area (Å²) < 4.78 is 15.1. The normalized spacial score (nSPS) is 11.1. The van der Waals surface area contributed by atoms with Gasteiger partial charge in [0.1, 0.15) is 18.0 Å². The molecule has 0 spiro atoms. The number of benzene rings is 1. The summed E-state index contributed by atoms with van der Waals surface area (Å²) in [5.41, 5.74) is 2.05. The van der Waals surface area contributed by atoms with Gasteiger partial charge < -0.3 is 10.4 Å². The van der Waals surface area contributed by atoms with Crippen molar-refractivity contribution in [1.82, 2.24) is 19.7 Å². The van der Waals surface area contributed by atoms with Crippen molar-refractivity contribution in [3.63, 3.8) is 0 Å². The van der Waals surface area contributed by atoms with Gasteiger partial charge in [0.25, 0.3) is 0 Å². The van der Waals surface area contributed by atoms with E-state index >= 15 is 0 Å². The molecular weight excluding hydrogens is 309 g/mol. The molecule has 3 aromatic rings. The molecule has 0 unspecified atom stereocenters. The Bertz CT molecular complexity index is 833. The van der Waals surface area contributed by atoms with Crippen LogP contribution in [0.15, 0.2) is 30.6 Å². The first kappa shape index (κ1) is 16.3. The van der Waals surface area contributed by atoms with Gasteiger partial charge in [-0.3, -0.25) is 0 Å². The molecule has 126 valence electrons.